The molecule has 5 heteroatoms. The van der Waals surface area contributed by atoms with Crippen molar-refractivity contribution in [3.63, 3.8) is 0 Å². The molecule has 1 aromatic carbocycles. The van der Waals surface area contributed by atoms with Crippen molar-refractivity contribution in [1.29, 1.82) is 0 Å². The topological polar surface area (TPSA) is 46.4 Å². The lowest BCUT2D eigenvalue weighted by Crippen LogP contribution is -2.41. The highest BCUT2D eigenvalue weighted by Gasteiger charge is 2.31. The third-order valence-corrected chi connectivity index (χ3v) is 4.99. The summed E-state index contributed by atoms with van der Waals surface area (Å²) < 4.78 is 13.7. The fourth-order valence-corrected chi connectivity index (χ4v) is 3.87. The first-order valence-corrected chi connectivity index (χ1v) is 7.78. The van der Waals surface area contributed by atoms with E-state index in [1.165, 1.54) is 44.2 Å². The molecule has 0 bridgehead atoms. The first-order chi connectivity index (χ1) is 10.1. The Morgan fingerprint density at radius 2 is 2.00 bits per heavy atom. The molecule has 1 aromatic rings. The number of hydrogen-bond acceptors (Lipinski definition) is 3. The van der Waals surface area contributed by atoms with Gasteiger partial charge in [-0.25, -0.2) is 0 Å². The van der Waals surface area contributed by atoms with Gasteiger partial charge in [-0.3, -0.25) is 15.0 Å². The van der Waals surface area contributed by atoms with E-state index in [0.29, 0.717) is 6.54 Å². The zero-order chi connectivity index (χ0) is 14.8. The van der Waals surface area contributed by atoms with Gasteiger partial charge in [0.1, 0.15) is 0 Å². The van der Waals surface area contributed by atoms with Crippen molar-refractivity contribution in [3.8, 4) is 0 Å². The first kappa shape index (κ1) is 14.4. The van der Waals surface area contributed by atoms with Crippen LogP contribution in [0.2, 0.25) is 0 Å². The van der Waals surface area contributed by atoms with Gasteiger partial charge in [0.05, 0.1) is 4.92 Å². The van der Waals surface area contributed by atoms with Crippen LogP contribution in [0.15, 0.2) is 18.2 Å². The lowest BCUT2D eigenvalue weighted by atomic mass is 9.75. The van der Waals surface area contributed by atoms with Crippen LogP contribution in [0.3, 0.4) is 0 Å². The molecule has 0 radical (unpaired) electrons. The van der Waals surface area contributed by atoms with Gasteiger partial charge in [-0.05, 0) is 42.9 Å². The number of nitrogens with zero attached hydrogens (tertiary/aromatic N) is 2. The number of halogens is 1. The maximum Gasteiger partial charge on any atom is 0.304 e. The average Bonchev–Trinajstić information content (AvgIpc) is 2.47. The molecule has 1 heterocycles. The summed E-state index contributed by atoms with van der Waals surface area (Å²) in [7, 11) is 0. The van der Waals surface area contributed by atoms with Crippen molar-refractivity contribution in [2.75, 3.05) is 13.1 Å². The van der Waals surface area contributed by atoms with Crippen molar-refractivity contribution >= 4 is 5.69 Å². The zero-order valence-corrected chi connectivity index (χ0v) is 12.1. The molecule has 0 amide bonds. The van der Waals surface area contributed by atoms with Crippen LogP contribution in [0.4, 0.5) is 10.1 Å². The Labute approximate surface area is 124 Å². The molecule has 3 rings (SSSR count). The van der Waals surface area contributed by atoms with E-state index < -0.39 is 16.4 Å². The van der Waals surface area contributed by atoms with E-state index in [9.17, 15) is 14.5 Å². The second-order valence-electron chi connectivity index (χ2n) is 6.37. The quantitative estimate of drug-likeness (QED) is 0.629. The summed E-state index contributed by atoms with van der Waals surface area (Å²) in [6.07, 6.45) is 6.62. The molecule has 1 aliphatic heterocycles. The Morgan fingerprint density at radius 3 is 2.71 bits per heavy atom. The van der Waals surface area contributed by atoms with Crippen molar-refractivity contribution < 1.29 is 9.31 Å². The lowest BCUT2D eigenvalue weighted by molar-refractivity contribution is -0.387. The van der Waals surface area contributed by atoms with Crippen LogP contribution >= 0.6 is 0 Å². The second kappa shape index (κ2) is 6.10. The maximum atomic E-state index is 13.7. The molecule has 21 heavy (non-hydrogen) atoms. The SMILES string of the molecule is O=[N+]([O-])c1ccc(CN2CCC3CCCCC3C2)cc1F. The Kier molecular flexibility index (Phi) is 4.19. The summed E-state index contributed by atoms with van der Waals surface area (Å²) in [5, 5.41) is 10.6. The van der Waals surface area contributed by atoms with Crippen molar-refractivity contribution in [2.45, 2.75) is 38.6 Å². The van der Waals surface area contributed by atoms with Crippen molar-refractivity contribution in [3.05, 3.63) is 39.7 Å². The Hall–Kier alpha value is -1.49. The normalized spacial score (nSPS) is 26.3. The highest BCUT2D eigenvalue weighted by atomic mass is 19.1. The van der Waals surface area contributed by atoms with Crippen molar-refractivity contribution in [1.82, 2.24) is 4.90 Å². The molecular weight excluding hydrogens is 271 g/mol. The number of piperidine rings is 1. The Balaban J connectivity index is 1.64. The van der Waals surface area contributed by atoms with E-state index in [1.807, 2.05) is 0 Å². The first-order valence-electron chi connectivity index (χ1n) is 7.78. The van der Waals surface area contributed by atoms with Gasteiger partial charge >= 0.3 is 5.69 Å². The van der Waals surface area contributed by atoms with Crippen LogP contribution in [0.5, 0.6) is 0 Å². The summed E-state index contributed by atoms with van der Waals surface area (Å²) in [6, 6.07) is 4.26. The van der Waals surface area contributed by atoms with E-state index in [1.54, 1.807) is 6.07 Å². The fraction of sp³-hybridized carbons (Fsp3) is 0.625. The van der Waals surface area contributed by atoms with Gasteiger partial charge in [0, 0.05) is 19.2 Å². The van der Waals surface area contributed by atoms with Crippen LogP contribution in [0, 0.1) is 27.8 Å². The van der Waals surface area contributed by atoms with Gasteiger partial charge in [0.25, 0.3) is 0 Å². The van der Waals surface area contributed by atoms with Crippen LogP contribution in [0.25, 0.3) is 0 Å². The molecule has 2 aliphatic rings. The van der Waals surface area contributed by atoms with E-state index >= 15 is 0 Å². The molecule has 1 saturated heterocycles. The highest BCUT2D eigenvalue weighted by Crippen LogP contribution is 2.36. The maximum absolute atomic E-state index is 13.7. The number of nitro groups is 1. The molecule has 114 valence electrons. The molecular formula is C16H21FN2O2. The number of fused-ring (bicyclic) bond motifs is 1. The number of nitro benzene ring substituents is 1. The average molecular weight is 292 g/mol. The smallest absolute Gasteiger partial charge is 0.299 e. The summed E-state index contributed by atoms with van der Waals surface area (Å²) in [4.78, 5) is 12.3. The summed E-state index contributed by atoms with van der Waals surface area (Å²) in [6.45, 7) is 2.83. The minimum Gasteiger partial charge on any atom is -0.299 e. The van der Waals surface area contributed by atoms with Gasteiger partial charge in [-0.2, -0.15) is 4.39 Å². The van der Waals surface area contributed by atoms with Gasteiger partial charge in [-0.1, -0.05) is 25.3 Å². The number of hydrogen-bond donors (Lipinski definition) is 0. The predicted molar refractivity (Wildman–Crippen MR) is 78.4 cm³/mol. The fourth-order valence-electron chi connectivity index (χ4n) is 3.87. The minimum atomic E-state index is -0.731. The molecule has 1 aliphatic carbocycles. The van der Waals surface area contributed by atoms with Gasteiger partial charge in [-0.15, -0.1) is 0 Å². The summed E-state index contributed by atoms with van der Waals surface area (Å²) in [5.41, 5.74) is 0.386. The highest BCUT2D eigenvalue weighted by molar-refractivity contribution is 5.35. The Morgan fingerprint density at radius 1 is 1.24 bits per heavy atom. The van der Waals surface area contributed by atoms with E-state index in [2.05, 4.69) is 4.90 Å². The standard InChI is InChI=1S/C16H21FN2O2/c17-15-9-12(5-6-16(15)19(20)21)10-18-8-7-13-3-1-2-4-14(13)11-18/h5-6,9,13-14H,1-4,7-8,10-11H2. The number of benzene rings is 1. The zero-order valence-electron chi connectivity index (χ0n) is 12.1. The third kappa shape index (κ3) is 3.23. The molecule has 2 atom stereocenters. The van der Waals surface area contributed by atoms with E-state index in [0.717, 1.165) is 30.5 Å². The molecule has 0 spiro atoms. The Bertz CT molecular complexity index is 535. The third-order valence-electron chi connectivity index (χ3n) is 4.99. The van der Waals surface area contributed by atoms with Gasteiger partial charge in [0.15, 0.2) is 0 Å². The minimum absolute atomic E-state index is 0.440. The molecule has 0 N–H and O–H groups in total. The van der Waals surface area contributed by atoms with E-state index in [4.69, 9.17) is 0 Å². The monoisotopic (exact) mass is 292 g/mol. The molecule has 0 aromatic heterocycles. The molecule has 1 saturated carbocycles. The molecule has 2 unspecified atom stereocenters. The van der Waals surface area contributed by atoms with E-state index in [-0.39, 0.29) is 0 Å². The van der Waals surface area contributed by atoms with Crippen molar-refractivity contribution in [2.24, 2.45) is 11.8 Å². The van der Waals surface area contributed by atoms with Gasteiger partial charge < -0.3 is 0 Å². The van der Waals surface area contributed by atoms with Gasteiger partial charge in [0.2, 0.25) is 5.82 Å². The lowest BCUT2D eigenvalue weighted by Gasteiger charge is -2.41. The van der Waals surface area contributed by atoms with Crippen LogP contribution in [0.1, 0.15) is 37.7 Å². The van der Waals surface area contributed by atoms with Crippen LogP contribution in [-0.2, 0) is 6.54 Å². The number of likely N-dealkylation sites (tertiary alicyclic amines) is 1. The molecule has 4 nitrogen and oxygen atoms in total. The summed E-state index contributed by atoms with van der Waals surface area (Å²) >= 11 is 0. The molecule has 2 fully saturated rings. The second-order valence-corrected chi connectivity index (χ2v) is 6.37. The summed E-state index contributed by atoms with van der Waals surface area (Å²) in [5.74, 6) is 0.934. The predicted octanol–water partition coefficient (Wildman–Crippen LogP) is 3.75. The van der Waals surface area contributed by atoms with Crippen LogP contribution in [-0.4, -0.2) is 22.9 Å². The largest absolute Gasteiger partial charge is 0.304 e. The number of rotatable bonds is 3. The van der Waals surface area contributed by atoms with Crippen LogP contribution < -0.4 is 0 Å².